The molecule has 0 aromatic rings. The van der Waals surface area contributed by atoms with Gasteiger partial charge in [0.15, 0.2) is 5.12 Å². The molecule has 1 N–H and O–H groups in total. The van der Waals surface area contributed by atoms with Crippen LogP contribution in [0.15, 0.2) is 0 Å². The van der Waals surface area contributed by atoms with Crippen LogP contribution in [0, 0.1) is 5.92 Å². The molecule has 1 saturated heterocycles. The van der Waals surface area contributed by atoms with Crippen LogP contribution < -0.4 is 5.48 Å². The van der Waals surface area contributed by atoms with Crippen LogP contribution in [0.5, 0.6) is 0 Å². The van der Waals surface area contributed by atoms with Crippen molar-refractivity contribution >= 4 is 25.7 Å². The first kappa shape index (κ1) is 45.0. The molecule has 1 rings (SSSR count). The van der Waals surface area contributed by atoms with Gasteiger partial charge in [-0.1, -0.05) is 148 Å². The van der Waals surface area contributed by atoms with E-state index in [1.165, 1.54) is 121 Å². The SMILES string of the molecule is CCCCCCCCCCCCCCCCCCC1CCO[Si](CCCSC(=O)CCCC)(OCCOCCOCCCC)ONC1. The van der Waals surface area contributed by atoms with Gasteiger partial charge in [0.1, 0.15) is 0 Å². The number of unbranched alkanes of at least 4 members (excludes halogenated alkanes) is 17. The number of carbonyl (C=O) groups is 1. The minimum atomic E-state index is -2.90. The number of nitrogens with one attached hydrogen (secondary N) is 1. The second-order valence-corrected chi connectivity index (χ2v) is 17.4. The van der Waals surface area contributed by atoms with Crippen LogP contribution in [0.1, 0.15) is 175 Å². The van der Waals surface area contributed by atoms with Crippen molar-refractivity contribution in [2.24, 2.45) is 5.92 Å². The third kappa shape index (κ3) is 28.4. The summed E-state index contributed by atoms with van der Waals surface area (Å²) in [6, 6.07) is 0.706. The van der Waals surface area contributed by atoms with E-state index in [9.17, 15) is 4.79 Å². The molecule has 2 unspecified atom stereocenters. The first-order valence-electron chi connectivity index (χ1n) is 20.2. The van der Waals surface area contributed by atoms with Gasteiger partial charge in [-0.3, -0.25) is 9.32 Å². The predicted octanol–water partition coefficient (Wildman–Crippen LogP) is 10.8. The van der Waals surface area contributed by atoms with Crippen molar-refractivity contribution in [1.82, 2.24) is 5.48 Å². The van der Waals surface area contributed by atoms with Gasteiger partial charge in [-0.15, -0.1) is 0 Å². The molecule has 0 saturated carbocycles. The first-order chi connectivity index (χ1) is 23.2. The molecule has 0 aromatic carbocycles. The van der Waals surface area contributed by atoms with Crippen molar-refractivity contribution in [3.05, 3.63) is 0 Å². The molecule has 2 atom stereocenters. The fourth-order valence-corrected chi connectivity index (χ4v) is 9.36. The molecule has 1 fully saturated rings. The van der Waals surface area contributed by atoms with Crippen molar-refractivity contribution < 1.29 is 27.6 Å². The number of ether oxygens (including phenoxy) is 2. The van der Waals surface area contributed by atoms with Crippen molar-refractivity contribution in [1.29, 1.82) is 0 Å². The van der Waals surface area contributed by atoms with Gasteiger partial charge in [-0.2, -0.15) is 0 Å². The van der Waals surface area contributed by atoms with Crippen LogP contribution >= 0.6 is 11.8 Å². The van der Waals surface area contributed by atoms with Crippen molar-refractivity contribution in [2.45, 2.75) is 181 Å². The van der Waals surface area contributed by atoms with Crippen LogP contribution in [-0.4, -0.2) is 65.9 Å². The smallest absolute Gasteiger partial charge is 0.379 e. The highest BCUT2D eigenvalue weighted by molar-refractivity contribution is 8.13. The molecule has 0 aromatic heterocycles. The molecule has 280 valence electrons. The summed E-state index contributed by atoms with van der Waals surface area (Å²) in [7, 11) is -2.90. The van der Waals surface area contributed by atoms with Crippen LogP contribution in [0.3, 0.4) is 0 Å². The molecule has 0 bridgehead atoms. The molecule has 0 amide bonds. The third-order valence-electron chi connectivity index (χ3n) is 9.10. The Labute approximate surface area is 296 Å². The van der Waals surface area contributed by atoms with Crippen molar-refractivity contribution in [3.63, 3.8) is 0 Å². The minimum Gasteiger partial charge on any atom is -0.379 e. The average Bonchev–Trinajstić information content (AvgIpc) is 3.06. The maximum absolute atomic E-state index is 12.1. The van der Waals surface area contributed by atoms with E-state index in [1.807, 2.05) is 0 Å². The fourth-order valence-electron chi connectivity index (χ4n) is 5.97. The monoisotopic (exact) mass is 704 g/mol. The summed E-state index contributed by atoms with van der Waals surface area (Å²) in [6.07, 6.45) is 30.5. The third-order valence-corrected chi connectivity index (χ3v) is 12.8. The lowest BCUT2D eigenvalue weighted by Gasteiger charge is -2.33. The van der Waals surface area contributed by atoms with E-state index in [2.05, 4.69) is 26.3 Å². The highest BCUT2D eigenvalue weighted by Gasteiger charge is 2.42. The van der Waals surface area contributed by atoms with Gasteiger partial charge >= 0.3 is 8.80 Å². The lowest BCUT2D eigenvalue weighted by atomic mass is 9.97. The summed E-state index contributed by atoms with van der Waals surface area (Å²) in [5.74, 6) is 1.34. The standard InChI is InChI=1S/C38H77NO6SSi/c1-4-7-10-11-12-13-14-15-16-17-18-19-20-21-22-23-25-37-27-29-43-47(45-39-36-37,35-24-34-46-38(40)26-8-5-2)44-33-32-42-31-30-41-28-9-6-3/h37,39H,4-36H2,1-3H3. The van der Waals surface area contributed by atoms with E-state index in [4.69, 9.17) is 22.9 Å². The molecule has 1 aliphatic heterocycles. The Morgan fingerprint density at radius 3 is 1.85 bits per heavy atom. The topological polar surface area (TPSA) is 75.3 Å². The molecule has 9 heteroatoms. The van der Waals surface area contributed by atoms with Crippen molar-refractivity contribution in [2.75, 3.05) is 51.9 Å². The summed E-state index contributed by atoms with van der Waals surface area (Å²) < 4.78 is 30.3. The zero-order valence-electron chi connectivity index (χ0n) is 31.3. The lowest BCUT2D eigenvalue weighted by Crippen LogP contribution is -2.52. The van der Waals surface area contributed by atoms with Crippen molar-refractivity contribution in [3.8, 4) is 0 Å². The normalized spacial score (nSPS) is 18.7. The molecule has 1 aliphatic rings. The van der Waals surface area contributed by atoms with E-state index in [0.717, 1.165) is 57.4 Å². The molecule has 7 nitrogen and oxygen atoms in total. The highest BCUT2D eigenvalue weighted by atomic mass is 32.2. The van der Waals surface area contributed by atoms with Crippen LogP contribution in [0.2, 0.25) is 6.04 Å². The lowest BCUT2D eigenvalue weighted by molar-refractivity contribution is -0.111. The van der Waals surface area contributed by atoms with E-state index in [1.54, 1.807) is 0 Å². The molecule has 0 spiro atoms. The summed E-state index contributed by atoms with van der Waals surface area (Å²) in [4.78, 5) is 12.1. The number of carbonyl (C=O) groups excluding carboxylic acids is 1. The van der Waals surface area contributed by atoms with E-state index in [-0.39, 0.29) is 5.12 Å². The zero-order chi connectivity index (χ0) is 33.9. The number of hydrogen-bond donors (Lipinski definition) is 1. The van der Waals surface area contributed by atoms with Gasteiger partial charge < -0.3 is 18.3 Å². The molecule has 47 heavy (non-hydrogen) atoms. The molecule has 0 radical (unpaired) electrons. The minimum absolute atomic E-state index is 0.285. The van der Waals surface area contributed by atoms with E-state index < -0.39 is 8.80 Å². The Hall–Kier alpha value is -0.00312. The summed E-state index contributed by atoms with van der Waals surface area (Å²) >= 11 is 1.44. The Morgan fingerprint density at radius 1 is 0.681 bits per heavy atom. The number of thioether (sulfide) groups is 1. The zero-order valence-corrected chi connectivity index (χ0v) is 33.1. The largest absolute Gasteiger partial charge is 0.518 e. The average molecular weight is 704 g/mol. The van der Waals surface area contributed by atoms with Gasteiger partial charge in [0.05, 0.1) is 26.4 Å². The van der Waals surface area contributed by atoms with Gasteiger partial charge in [0, 0.05) is 38.0 Å². The highest BCUT2D eigenvalue weighted by Crippen LogP contribution is 2.24. The maximum atomic E-state index is 12.1. The quantitative estimate of drug-likeness (QED) is 0.0524. The van der Waals surface area contributed by atoms with Gasteiger partial charge in [-0.25, -0.2) is 5.48 Å². The maximum Gasteiger partial charge on any atom is 0.518 e. The Morgan fingerprint density at radius 2 is 1.23 bits per heavy atom. The van der Waals surface area contributed by atoms with Crippen LogP contribution in [0.25, 0.3) is 0 Å². The summed E-state index contributed by atoms with van der Waals surface area (Å²) in [5.41, 5.74) is 3.27. The van der Waals surface area contributed by atoms with E-state index >= 15 is 0 Å². The second kappa shape index (κ2) is 34.4. The molecular weight excluding hydrogens is 627 g/mol. The molecular formula is C38H77NO6SSi. The number of hydroxylamine groups is 1. The number of rotatable bonds is 34. The Balaban J connectivity index is 2.22. The van der Waals surface area contributed by atoms with E-state index in [0.29, 0.717) is 51.4 Å². The molecule has 0 aliphatic carbocycles. The second-order valence-electron chi connectivity index (χ2n) is 13.6. The summed E-state index contributed by atoms with van der Waals surface area (Å²) in [5, 5.41) is 0.285. The molecule has 1 heterocycles. The predicted molar refractivity (Wildman–Crippen MR) is 202 cm³/mol. The van der Waals surface area contributed by atoms with Crippen LogP contribution in [0.4, 0.5) is 0 Å². The van der Waals surface area contributed by atoms with Gasteiger partial charge in [0.2, 0.25) is 0 Å². The first-order valence-corrected chi connectivity index (χ1v) is 23.1. The number of hydrogen-bond acceptors (Lipinski definition) is 8. The Kier molecular flexibility index (Phi) is 33.0. The van der Waals surface area contributed by atoms with Gasteiger partial charge in [-0.05, 0) is 38.0 Å². The summed E-state index contributed by atoms with van der Waals surface area (Å²) in [6.45, 7) is 11.0. The van der Waals surface area contributed by atoms with Crippen LogP contribution in [-0.2, 0) is 27.6 Å². The Bertz CT molecular complexity index is 666. The fraction of sp³-hybridized carbons (Fsp3) is 0.974. The van der Waals surface area contributed by atoms with Gasteiger partial charge in [0.25, 0.3) is 0 Å².